The van der Waals surface area contributed by atoms with Gasteiger partial charge >= 0.3 is 0 Å². The summed E-state index contributed by atoms with van der Waals surface area (Å²) in [5.41, 5.74) is 0.0850. The quantitative estimate of drug-likeness (QED) is 0.574. The van der Waals surface area contributed by atoms with Gasteiger partial charge in [-0.1, -0.05) is 59.6 Å². The van der Waals surface area contributed by atoms with Crippen LogP contribution >= 0.6 is 31.7 Å². The molecule has 0 N–H and O–H groups in total. The fourth-order valence-corrected chi connectivity index (χ4v) is 2.87. The molecule has 0 amide bonds. The largest absolute Gasteiger partial charge is 0.292 e. The average Bonchev–Trinajstić information content (AvgIpc) is 2.40. The van der Waals surface area contributed by atoms with E-state index in [-0.39, 0.29) is 29.9 Å². The molecule has 0 spiro atoms. The summed E-state index contributed by atoms with van der Waals surface area (Å²) in [5.74, 6) is -0.349. The second kappa shape index (κ2) is 6.29. The van der Waals surface area contributed by atoms with Crippen LogP contribution in [0.25, 0.3) is 0 Å². The SMILES string of the molecule is O=PC(C(=O)c1c(Cl)cccc1Cl)c1ccccc1. The first-order valence-corrected chi connectivity index (χ1v) is 7.14. The highest BCUT2D eigenvalue weighted by atomic mass is 35.5. The average molecular weight is 311 g/mol. The maximum atomic E-state index is 12.4. The number of Topliss-reactive ketones (excluding diaryl/α,β-unsaturated/α-hetero) is 1. The lowest BCUT2D eigenvalue weighted by molar-refractivity contribution is 0.0988. The van der Waals surface area contributed by atoms with Crippen LogP contribution in [0.5, 0.6) is 0 Å². The molecule has 0 aliphatic heterocycles. The third-order valence-electron chi connectivity index (χ3n) is 2.68. The number of ketones is 1. The number of hydrogen-bond donors (Lipinski definition) is 0. The van der Waals surface area contributed by atoms with Crippen molar-refractivity contribution in [2.75, 3.05) is 0 Å². The van der Waals surface area contributed by atoms with Gasteiger partial charge in [-0.2, -0.15) is 0 Å². The molecule has 0 aliphatic carbocycles. The van der Waals surface area contributed by atoms with Crippen molar-refractivity contribution in [2.45, 2.75) is 5.66 Å². The molecule has 2 rings (SSSR count). The maximum absolute atomic E-state index is 12.4. The fourth-order valence-electron chi connectivity index (χ4n) is 1.77. The van der Waals surface area contributed by atoms with Crippen molar-refractivity contribution in [3.8, 4) is 0 Å². The van der Waals surface area contributed by atoms with Gasteiger partial charge < -0.3 is 0 Å². The lowest BCUT2D eigenvalue weighted by Gasteiger charge is -2.11. The molecule has 0 aromatic heterocycles. The molecule has 0 saturated heterocycles. The Kier molecular flexibility index (Phi) is 4.71. The van der Waals surface area contributed by atoms with Gasteiger partial charge in [0.25, 0.3) is 0 Å². The summed E-state index contributed by atoms with van der Waals surface area (Å²) in [7, 11) is -0.283. The molecule has 96 valence electrons. The van der Waals surface area contributed by atoms with Crippen LogP contribution in [-0.2, 0) is 4.57 Å². The lowest BCUT2D eigenvalue weighted by Crippen LogP contribution is -2.09. The van der Waals surface area contributed by atoms with Crippen LogP contribution in [0.15, 0.2) is 48.5 Å². The van der Waals surface area contributed by atoms with Gasteiger partial charge in [-0.15, -0.1) is 0 Å². The van der Waals surface area contributed by atoms with E-state index in [2.05, 4.69) is 0 Å². The predicted octanol–water partition coefficient (Wildman–Crippen LogP) is 5.21. The molecule has 5 heteroatoms. The van der Waals surface area contributed by atoms with Crippen molar-refractivity contribution in [1.29, 1.82) is 0 Å². The minimum atomic E-state index is -0.793. The molecule has 0 saturated carbocycles. The number of benzene rings is 2. The number of halogens is 2. The standard InChI is InChI=1S/C14H9Cl2O2P/c15-10-7-4-8-11(16)12(10)13(17)14(19-18)9-5-2-1-3-6-9/h1-8,14H. The van der Waals surface area contributed by atoms with Crippen molar-refractivity contribution in [3.05, 3.63) is 69.7 Å². The molecule has 0 aliphatic rings. The molecule has 19 heavy (non-hydrogen) atoms. The van der Waals surface area contributed by atoms with Gasteiger partial charge in [0, 0.05) is 0 Å². The van der Waals surface area contributed by atoms with Crippen molar-refractivity contribution >= 4 is 37.4 Å². The summed E-state index contributed by atoms with van der Waals surface area (Å²) in [6.45, 7) is 0. The molecule has 0 bridgehead atoms. The normalized spacial score (nSPS) is 12.3. The van der Waals surface area contributed by atoms with E-state index in [0.29, 0.717) is 5.56 Å². The van der Waals surface area contributed by atoms with Crippen LogP contribution in [0.1, 0.15) is 21.6 Å². The van der Waals surface area contributed by atoms with Crippen molar-refractivity contribution in [2.24, 2.45) is 0 Å². The minimum absolute atomic E-state index is 0.211. The van der Waals surface area contributed by atoms with Gasteiger partial charge in [0.2, 0.25) is 0 Å². The summed E-state index contributed by atoms with van der Waals surface area (Å²) in [6.07, 6.45) is 0. The van der Waals surface area contributed by atoms with E-state index < -0.39 is 5.66 Å². The number of carbonyl (C=O) groups is 1. The van der Waals surface area contributed by atoms with Gasteiger partial charge in [0.15, 0.2) is 14.2 Å². The van der Waals surface area contributed by atoms with Crippen LogP contribution in [0.4, 0.5) is 0 Å². The molecule has 1 unspecified atom stereocenters. The Labute approximate surface area is 122 Å². The van der Waals surface area contributed by atoms with Crippen molar-refractivity contribution < 1.29 is 9.36 Å². The first kappa shape index (κ1) is 14.2. The highest BCUT2D eigenvalue weighted by molar-refractivity contribution is 7.26. The second-order valence-electron chi connectivity index (χ2n) is 3.88. The van der Waals surface area contributed by atoms with Crippen LogP contribution in [0.2, 0.25) is 10.0 Å². The zero-order valence-electron chi connectivity index (χ0n) is 9.72. The maximum Gasteiger partial charge on any atom is 0.184 e. The van der Waals surface area contributed by atoms with E-state index in [4.69, 9.17) is 23.2 Å². The Morgan fingerprint density at radius 3 is 2.05 bits per heavy atom. The molecule has 2 aromatic carbocycles. The van der Waals surface area contributed by atoms with Crippen molar-refractivity contribution in [1.82, 2.24) is 0 Å². The highest BCUT2D eigenvalue weighted by Gasteiger charge is 2.26. The van der Waals surface area contributed by atoms with Gasteiger partial charge in [-0.3, -0.25) is 9.36 Å². The summed E-state index contributed by atoms with van der Waals surface area (Å²) in [5, 5.41) is 0.532. The molecule has 2 aromatic rings. The van der Waals surface area contributed by atoms with E-state index in [1.54, 1.807) is 42.5 Å². The second-order valence-corrected chi connectivity index (χ2v) is 5.42. The smallest absolute Gasteiger partial charge is 0.184 e. The Morgan fingerprint density at radius 1 is 0.947 bits per heavy atom. The van der Waals surface area contributed by atoms with E-state index in [9.17, 15) is 9.36 Å². The third kappa shape index (κ3) is 3.03. The zero-order chi connectivity index (χ0) is 13.8. The third-order valence-corrected chi connectivity index (χ3v) is 4.05. The highest BCUT2D eigenvalue weighted by Crippen LogP contribution is 2.35. The topological polar surface area (TPSA) is 34.1 Å². The molecule has 0 radical (unpaired) electrons. The van der Waals surface area contributed by atoms with Crippen LogP contribution in [-0.4, -0.2) is 5.78 Å². The number of carbonyl (C=O) groups excluding carboxylic acids is 1. The van der Waals surface area contributed by atoms with E-state index in [0.717, 1.165) is 0 Å². The first-order chi connectivity index (χ1) is 9.15. The summed E-state index contributed by atoms with van der Waals surface area (Å²) in [4.78, 5) is 12.4. The summed E-state index contributed by atoms with van der Waals surface area (Å²) < 4.78 is 11.3. The molecule has 0 heterocycles. The first-order valence-electron chi connectivity index (χ1n) is 5.50. The Balaban J connectivity index is 2.45. The van der Waals surface area contributed by atoms with Gasteiger partial charge in [0.05, 0.1) is 15.6 Å². The van der Waals surface area contributed by atoms with E-state index in [1.807, 2.05) is 6.07 Å². The fraction of sp³-hybridized carbons (Fsp3) is 0.0714. The summed E-state index contributed by atoms with van der Waals surface area (Å²) in [6, 6.07) is 13.7. The lowest BCUT2D eigenvalue weighted by atomic mass is 10.0. The van der Waals surface area contributed by atoms with Crippen LogP contribution in [0.3, 0.4) is 0 Å². The Hall–Kier alpha value is -1.21. The van der Waals surface area contributed by atoms with Gasteiger partial charge in [-0.25, -0.2) is 0 Å². The predicted molar refractivity (Wildman–Crippen MR) is 77.6 cm³/mol. The van der Waals surface area contributed by atoms with Crippen LogP contribution < -0.4 is 0 Å². The minimum Gasteiger partial charge on any atom is -0.292 e. The number of hydrogen-bond acceptors (Lipinski definition) is 2. The molecule has 1 atom stereocenters. The molecular formula is C14H9Cl2O2P. The van der Waals surface area contributed by atoms with Gasteiger partial charge in [0.1, 0.15) is 5.66 Å². The van der Waals surface area contributed by atoms with Crippen LogP contribution in [0, 0.1) is 0 Å². The molecule has 0 fully saturated rings. The molecule has 2 nitrogen and oxygen atoms in total. The monoisotopic (exact) mass is 310 g/mol. The van der Waals surface area contributed by atoms with E-state index in [1.165, 1.54) is 0 Å². The zero-order valence-corrected chi connectivity index (χ0v) is 12.1. The van der Waals surface area contributed by atoms with Crippen molar-refractivity contribution in [3.63, 3.8) is 0 Å². The number of rotatable bonds is 4. The Bertz CT molecular complexity index is 594. The summed E-state index contributed by atoms with van der Waals surface area (Å²) >= 11 is 12.0. The molecular weight excluding hydrogens is 302 g/mol. The van der Waals surface area contributed by atoms with E-state index >= 15 is 0 Å². The van der Waals surface area contributed by atoms with Gasteiger partial charge in [-0.05, 0) is 17.7 Å². The Morgan fingerprint density at radius 2 is 1.53 bits per heavy atom.